The van der Waals surface area contributed by atoms with Crippen LogP contribution in [0, 0.1) is 12.8 Å². The second-order valence-electron chi connectivity index (χ2n) is 6.34. The molecule has 1 atom stereocenters. The zero-order chi connectivity index (χ0) is 17.3. The van der Waals surface area contributed by atoms with Gasteiger partial charge in [-0.3, -0.25) is 0 Å². The molecule has 4 nitrogen and oxygen atoms in total. The Bertz CT molecular complexity index is 847. The molecule has 2 aromatic carbocycles. The van der Waals surface area contributed by atoms with E-state index in [1.807, 2.05) is 25.1 Å². The van der Waals surface area contributed by atoms with Gasteiger partial charge in [0.15, 0.2) is 5.75 Å². The van der Waals surface area contributed by atoms with Crippen LogP contribution in [-0.4, -0.2) is 19.6 Å². The van der Waals surface area contributed by atoms with Crippen molar-refractivity contribution in [1.82, 2.24) is 4.72 Å². The van der Waals surface area contributed by atoms with Gasteiger partial charge in [0.2, 0.25) is 10.0 Å². The zero-order valence-electron chi connectivity index (χ0n) is 13.4. The van der Waals surface area contributed by atoms with Crippen LogP contribution in [0.15, 0.2) is 47.4 Å². The first-order valence-electron chi connectivity index (χ1n) is 7.92. The molecule has 0 heterocycles. The summed E-state index contributed by atoms with van der Waals surface area (Å²) in [6, 6.07) is 12.2. The molecule has 2 N–H and O–H groups in total. The third-order valence-electron chi connectivity index (χ3n) is 4.27. The monoisotopic (exact) mass is 365 g/mol. The fraction of sp³-hybridized carbons (Fsp3) is 0.333. The van der Waals surface area contributed by atoms with Crippen molar-refractivity contribution >= 4 is 21.6 Å². The van der Waals surface area contributed by atoms with Gasteiger partial charge in [-0.2, -0.15) is 0 Å². The minimum atomic E-state index is -3.83. The molecule has 1 aliphatic rings. The number of aromatic hydroxyl groups is 1. The molecule has 1 fully saturated rings. The van der Waals surface area contributed by atoms with Crippen LogP contribution in [0.1, 0.15) is 24.0 Å². The van der Waals surface area contributed by atoms with E-state index in [0.29, 0.717) is 12.3 Å². The second-order valence-corrected chi connectivity index (χ2v) is 8.43. The van der Waals surface area contributed by atoms with Gasteiger partial charge < -0.3 is 5.11 Å². The number of halogens is 1. The SMILES string of the molecule is Cc1cccc(CC(NS(=O)(=O)c2cccc(Cl)c2O)C2CC2)c1. The highest BCUT2D eigenvalue weighted by Gasteiger charge is 2.35. The number of nitrogens with one attached hydrogen (secondary N) is 1. The third kappa shape index (κ3) is 3.91. The Kier molecular flexibility index (Phi) is 4.85. The van der Waals surface area contributed by atoms with E-state index < -0.39 is 15.8 Å². The first kappa shape index (κ1) is 17.3. The number of hydrogen-bond donors (Lipinski definition) is 2. The summed E-state index contributed by atoms with van der Waals surface area (Å²) in [4.78, 5) is -0.176. The number of aryl methyl sites for hydroxylation is 1. The van der Waals surface area contributed by atoms with Crippen molar-refractivity contribution in [2.75, 3.05) is 0 Å². The highest BCUT2D eigenvalue weighted by atomic mass is 35.5. The fourth-order valence-corrected chi connectivity index (χ4v) is 4.53. The molecule has 128 valence electrons. The van der Waals surface area contributed by atoms with Crippen LogP contribution in [0.4, 0.5) is 0 Å². The fourth-order valence-electron chi connectivity index (χ4n) is 2.87. The molecule has 1 saturated carbocycles. The van der Waals surface area contributed by atoms with Crippen molar-refractivity contribution in [3.63, 3.8) is 0 Å². The van der Waals surface area contributed by atoms with E-state index >= 15 is 0 Å². The van der Waals surface area contributed by atoms with Gasteiger partial charge in [-0.1, -0.05) is 47.5 Å². The summed E-state index contributed by atoms with van der Waals surface area (Å²) in [6.45, 7) is 2.02. The average molecular weight is 366 g/mol. The zero-order valence-corrected chi connectivity index (χ0v) is 14.9. The van der Waals surface area contributed by atoms with Crippen LogP contribution in [0.3, 0.4) is 0 Å². The lowest BCUT2D eigenvalue weighted by Crippen LogP contribution is -2.38. The molecule has 0 aliphatic heterocycles. The van der Waals surface area contributed by atoms with Gasteiger partial charge in [0.05, 0.1) is 5.02 Å². The molecule has 0 saturated heterocycles. The van der Waals surface area contributed by atoms with Crippen LogP contribution in [-0.2, 0) is 16.4 Å². The van der Waals surface area contributed by atoms with Gasteiger partial charge >= 0.3 is 0 Å². The maximum atomic E-state index is 12.7. The van der Waals surface area contributed by atoms with Gasteiger partial charge in [-0.25, -0.2) is 13.1 Å². The molecular weight excluding hydrogens is 346 g/mol. The normalized spacial score (nSPS) is 16.1. The van der Waals surface area contributed by atoms with Crippen LogP contribution in [0.25, 0.3) is 0 Å². The van der Waals surface area contributed by atoms with E-state index in [0.717, 1.165) is 24.0 Å². The molecule has 0 bridgehead atoms. The minimum Gasteiger partial charge on any atom is -0.505 e. The summed E-state index contributed by atoms with van der Waals surface area (Å²) in [5.74, 6) is -0.0709. The van der Waals surface area contributed by atoms with E-state index in [1.54, 1.807) is 0 Å². The number of phenolic OH excluding ortho intramolecular Hbond substituents is 1. The molecule has 6 heteroatoms. The van der Waals surface area contributed by atoms with Crippen LogP contribution < -0.4 is 4.72 Å². The lowest BCUT2D eigenvalue weighted by molar-refractivity contribution is 0.455. The van der Waals surface area contributed by atoms with Gasteiger partial charge in [-0.05, 0) is 49.8 Å². The Hall–Kier alpha value is -1.56. The molecule has 1 aliphatic carbocycles. The molecule has 0 spiro atoms. The molecule has 0 radical (unpaired) electrons. The molecule has 0 aromatic heterocycles. The number of phenols is 1. The summed E-state index contributed by atoms with van der Waals surface area (Å²) in [6.07, 6.45) is 2.66. The maximum Gasteiger partial charge on any atom is 0.244 e. The first-order valence-corrected chi connectivity index (χ1v) is 9.78. The lowest BCUT2D eigenvalue weighted by atomic mass is 10.0. The number of rotatable bonds is 6. The Balaban J connectivity index is 1.84. The van der Waals surface area contributed by atoms with Crippen molar-refractivity contribution in [2.24, 2.45) is 5.92 Å². The van der Waals surface area contributed by atoms with Crippen LogP contribution >= 0.6 is 11.6 Å². The standard InChI is InChI=1S/C18H20ClNO3S/c1-12-4-2-5-13(10-12)11-16(14-8-9-14)20-24(22,23)17-7-3-6-15(19)18(17)21/h2-7,10,14,16,20-21H,8-9,11H2,1H3. The van der Waals surface area contributed by atoms with Crippen molar-refractivity contribution in [3.05, 3.63) is 58.6 Å². The molecular formula is C18H20ClNO3S. The minimum absolute atomic E-state index is 0.0273. The number of para-hydroxylation sites is 1. The van der Waals surface area contributed by atoms with E-state index in [1.165, 1.54) is 18.2 Å². The van der Waals surface area contributed by atoms with E-state index in [-0.39, 0.29) is 16.0 Å². The smallest absolute Gasteiger partial charge is 0.244 e. The summed E-state index contributed by atoms with van der Waals surface area (Å²) in [7, 11) is -3.83. The largest absolute Gasteiger partial charge is 0.505 e. The Morgan fingerprint density at radius 1 is 1.25 bits per heavy atom. The second kappa shape index (κ2) is 6.75. The Morgan fingerprint density at radius 3 is 2.62 bits per heavy atom. The highest BCUT2D eigenvalue weighted by molar-refractivity contribution is 7.89. The molecule has 24 heavy (non-hydrogen) atoms. The van der Waals surface area contributed by atoms with Crippen molar-refractivity contribution in [3.8, 4) is 5.75 Å². The van der Waals surface area contributed by atoms with Gasteiger partial charge in [0, 0.05) is 6.04 Å². The molecule has 1 unspecified atom stereocenters. The molecule has 2 aromatic rings. The van der Waals surface area contributed by atoms with Crippen molar-refractivity contribution in [1.29, 1.82) is 0 Å². The predicted molar refractivity (Wildman–Crippen MR) is 94.8 cm³/mol. The Morgan fingerprint density at radius 2 is 1.96 bits per heavy atom. The summed E-state index contributed by atoms with van der Waals surface area (Å²) in [5, 5.41) is 10.0. The van der Waals surface area contributed by atoms with Gasteiger partial charge in [-0.15, -0.1) is 0 Å². The lowest BCUT2D eigenvalue weighted by Gasteiger charge is -2.19. The first-order chi connectivity index (χ1) is 11.4. The van der Waals surface area contributed by atoms with Gasteiger partial charge in [0.25, 0.3) is 0 Å². The van der Waals surface area contributed by atoms with Crippen LogP contribution in [0.5, 0.6) is 5.75 Å². The van der Waals surface area contributed by atoms with Crippen LogP contribution in [0.2, 0.25) is 5.02 Å². The number of hydrogen-bond acceptors (Lipinski definition) is 3. The summed E-state index contributed by atoms with van der Waals surface area (Å²) >= 11 is 5.84. The van der Waals surface area contributed by atoms with Crippen molar-refractivity contribution < 1.29 is 13.5 Å². The average Bonchev–Trinajstić information content (AvgIpc) is 3.34. The molecule has 0 amide bonds. The summed E-state index contributed by atoms with van der Waals surface area (Å²) in [5.41, 5.74) is 2.25. The quantitative estimate of drug-likeness (QED) is 0.821. The third-order valence-corrected chi connectivity index (χ3v) is 6.10. The summed E-state index contributed by atoms with van der Waals surface area (Å²) < 4.78 is 28.1. The van der Waals surface area contributed by atoms with Gasteiger partial charge in [0.1, 0.15) is 4.90 Å². The number of sulfonamides is 1. The Labute approximate surface area is 147 Å². The molecule has 3 rings (SSSR count). The number of benzene rings is 2. The van der Waals surface area contributed by atoms with Crippen molar-refractivity contribution in [2.45, 2.75) is 37.1 Å². The maximum absolute atomic E-state index is 12.7. The highest BCUT2D eigenvalue weighted by Crippen LogP contribution is 2.36. The van der Waals surface area contributed by atoms with E-state index in [4.69, 9.17) is 11.6 Å². The van der Waals surface area contributed by atoms with E-state index in [2.05, 4.69) is 10.8 Å². The predicted octanol–water partition coefficient (Wildman–Crippen LogP) is 3.65. The van der Waals surface area contributed by atoms with E-state index in [9.17, 15) is 13.5 Å². The topological polar surface area (TPSA) is 66.4 Å².